The van der Waals surface area contributed by atoms with Gasteiger partial charge in [0.15, 0.2) is 5.78 Å². The Morgan fingerprint density at radius 3 is 2.50 bits per heavy atom. The van der Waals surface area contributed by atoms with E-state index in [0.29, 0.717) is 77.3 Å². The van der Waals surface area contributed by atoms with Gasteiger partial charge in [0.2, 0.25) is 27.7 Å². The van der Waals surface area contributed by atoms with E-state index >= 15 is 0 Å². The molecule has 0 radical (unpaired) electrons. The predicted molar refractivity (Wildman–Crippen MR) is 235 cm³/mol. The number of thiazole rings is 1. The van der Waals surface area contributed by atoms with E-state index in [1.807, 2.05) is 25.3 Å². The molecule has 0 bridgehead atoms. The van der Waals surface area contributed by atoms with Crippen LogP contribution in [0.3, 0.4) is 0 Å². The number of fused-ring (bicyclic) bond motifs is 2. The molecule has 8 rings (SSSR count). The van der Waals surface area contributed by atoms with Crippen molar-refractivity contribution in [1.82, 2.24) is 29.4 Å². The van der Waals surface area contributed by atoms with Gasteiger partial charge >= 0.3 is 0 Å². The minimum atomic E-state index is -3.88. The maximum absolute atomic E-state index is 14.7. The average Bonchev–Trinajstić information content (AvgIpc) is 4.13. The number of benzene rings is 1. The fraction of sp³-hybridized carbons (Fsp3) is 0.591. The summed E-state index contributed by atoms with van der Waals surface area (Å²) in [6, 6.07) is 2.83. The number of hydrogen-bond donors (Lipinski definition) is 1. The van der Waals surface area contributed by atoms with Crippen LogP contribution < -0.4 is 14.2 Å². The summed E-state index contributed by atoms with van der Waals surface area (Å²) >= 11 is 8.57. The summed E-state index contributed by atoms with van der Waals surface area (Å²) in [6.45, 7) is 17.3. The van der Waals surface area contributed by atoms with Crippen molar-refractivity contribution in [3.63, 3.8) is 0 Å². The molecule has 5 aliphatic rings. The molecule has 3 aromatic rings. The van der Waals surface area contributed by atoms with Crippen LogP contribution in [0.25, 0.3) is 21.6 Å². The Morgan fingerprint density at radius 2 is 1.87 bits per heavy atom. The lowest BCUT2D eigenvalue weighted by Crippen LogP contribution is -2.66. The van der Waals surface area contributed by atoms with Crippen molar-refractivity contribution in [3.05, 3.63) is 47.0 Å². The van der Waals surface area contributed by atoms with Crippen molar-refractivity contribution in [1.29, 1.82) is 0 Å². The predicted octanol–water partition coefficient (Wildman–Crippen LogP) is 5.21. The van der Waals surface area contributed by atoms with E-state index in [4.69, 9.17) is 35.8 Å². The quantitative estimate of drug-likeness (QED) is 0.186. The van der Waals surface area contributed by atoms with Crippen molar-refractivity contribution in [2.75, 3.05) is 46.0 Å². The van der Waals surface area contributed by atoms with Gasteiger partial charge in [0.25, 0.3) is 0 Å². The second-order valence-electron chi connectivity index (χ2n) is 17.9. The molecule has 3 amide bonds. The number of halogens is 1. The molecular formula is C44H55ClN6O9S2. The zero-order valence-electron chi connectivity index (χ0n) is 35.8. The number of ether oxygens (including phenoxy) is 3. The van der Waals surface area contributed by atoms with Gasteiger partial charge in [-0.25, -0.2) is 18.4 Å². The number of nitrogens with one attached hydrogen (secondary N) is 1. The van der Waals surface area contributed by atoms with Crippen LogP contribution in [-0.4, -0.2) is 132 Å². The molecule has 3 aliphatic heterocycles. The fourth-order valence-electron chi connectivity index (χ4n) is 9.18. The van der Waals surface area contributed by atoms with Crippen molar-refractivity contribution in [3.8, 4) is 22.2 Å². The van der Waals surface area contributed by atoms with E-state index in [1.165, 1.54) is 18.3 Å². The molecule has 6 atom stereocenters. The van der Waals surface area contributed by atoms with Crippen molar-refractivity contribution < 1.29 is 41.8 Å². The first-order valence-corrected chi connectivity index (χ1v) is 24.3. The third kappa shape index (κ3) is 8.59. The molecule has 334 valence electrons. The molecule has 5 heterocycles. The molecule has 2 aromatic heterocycles. The summed E-state index contributed by atoms with van der Waals surface area (Å²) in [5, 5.41) is 2.89. The van der Waals surface area contributed by atoms with Gasteiger partial charge in [0.05, 0.1) is 47.2 Å². The molecule has 0 unspecified atom stereocenters. The van der Waals surface area contributed by atoms with Gasteiger partial charge < -0.3 is 24.0 Å². The monoisotopic (exact) mass is 910 g/mol. The number of piperazine rings is 1. The number of sulfonamides is 1. The highest BCUT2D eigenvalue weighted by Gasteiger charge is 2.63. The lowest BCUT2D eigenvalue weighted by atomic mass is 9.91. The van der Waals surface area contributed by atoms with Crippen LogP contribution in [0.15, 0.2) is 36.2 Å². The standard InChI is InChI=1S/C44H55ClN6O9S2/c1-7-27-20-44(27,43(55)48-62(56,57)28-8-9-28)21-34(53)32-19-37(33-22-50(26(6)52)40(25(4)5)42(54)51(32)33)60-36-18-30(41-47-31(23-61-41)24(2)3)46-39-29(36)10-11-35(38(39)45)59-17-14-49-12-15-58-16-13-49/h7,10-11,18,23-25,27-28,32-33,37,40H,1,8-9,12-17,19-22H2,2-6H3,(H,48,55)/t27-,32+,33-,37-,40-,44-/m1/s1. The van der Waals surface area contributed by atoms with Crippen LogP contribution in [0.2, 0.25) is 5.02 Å². The number of pyridine rings is 1. The first-order chi connectivity index (χ1) is 29.5. The van der Waals surface area contributed by atoms with E-state index in [0.717, 1.165) is 18.8 Å². The first-order valence-electron chi connectivity index (χ1n) is 21.5. The molecule has 0 spiro atoms. The summed E-state index contributed by atoms with van der Waals surface area (Å²) in [7, 11) is -3.88. The molecule has 62 heavy (non-hydrogen) atoms. The molecule has 2 aliphatic carbocycles. The number of carbonyl (C=O) groups is 4. The normalized spacial score (nSPS) is 26.5. The zero-order valence-corrected chi connectivity index (χ0v) is 38.2. The lowest BCUT2D eigenvalue weighted by Gasteiger charge is -2.46. The molecule has 18 heteroatoms. The third-order valence-electron chi connectivity index (χ3n) is 13.0. The molecule has 1 N–H and O–H groups in total. The Bertz CT molecular complexity index is 2380. The number of allylic oxidation sites excluding steroid dienone is 1. The van der Waals surface area contributed by atoms with Crippen molar-refractivity contribution >= 4 is 67.4 Å². The number of Topliss-reactive ketones (excluding diaryl/α,β-unsaturated/α-hetero) is 1. The molecule has 1 aromatic carbocycles. The number of hydrogen-bond acceptors (Lipinski definition) is 13. The number of ketones is 1. The van der Waals surface area contributed by atoms with Gasteiger partial charge in [0, 0.05) is 62.8 Å². The minimum absolute atomic E-state index is 0.0625. The topological polar surface area (TPSA) is 178 Å². The first kappa shape index (κ1) is 44.4. The number of nitrogens with zero attached hydrogens (tertiary/aromatic N) is 5. The van der Waals surface area contributed by atoms with Crippen molar-refractivity contribution in [2.45, 2.75) is 102 Å². The summed E-state index contributed by atoms with van der Waals surface area (Å²) < 4.78 is 46.6. The third-order valence-corrected chi connectivity index (χ3v) is 16.1. The minimum Gasteiger partial charge on any atom is -0.491 e. The Balaban J connectivity index is 1.14. The number of morpholine rings is 1. The van der Waals surface area contributed by atoms with Crippen molar-refractivity contribution in [2.24, 2.45) is 17.3 Å². The summed E-state index contributed by atoms with van der Waals surface area (Å²) in [5.74, 6) is -1.42. The molecule has 3 saturated heterocycles. The number of rotatable bonds is 16. The molecular weight excluding hydrogens is 856 g/mol. The van der Waals surface area contributed by atoms with Crippen LogP contribution in [0, 0.1) is 17.3 Å². The van der Waals surface area contributed by atoms with Crippen LogP contribution in [-0.2, 0) is 33.9 Å². The number of aromatic nitrogens is 2. The largest absolute Gasteiger partial charge is 0.491 e. The summed E-state index contributed by atoms with van der Waals surface area (Å²) in [4.78, 5) is 71.5. The highest BCUT2D eigenvalue weighted by molar-refractivity contribution is 7.90. The second kappa shape index (κ2) is 17.4. The highest BCUT2D eigenvalue weighted by atomic mass is 35.5. The summed E-state index contributed by atoms with van der Waals surface area (Å²) in [6.07, 6.45) is 1.77. The van der Waals surface area contributed by atoms with Gasteiger partial charge in [-0.2, -0.15) is 0 Å². The average molecular weight is 912 g/mol. The zero-order chi connectivity index (χ0) is 44.2. The van der Waals surface area contributed by atoms with Crippen LogP contribution in [0.5, 0.6) is 11.5 Å². The van der Waals surface area contributed by atoms with Crippen LogP contribution >= 0.6 is 22.9 Å². The van der Waals surface area contributed by atoms with Gasteiger partial charge in [-0.3, -0.25) is 28.8 Å². The maximum atomic E-state index is 14.7. The Kier molecular flexibility index (Phi) is 12.5. The van der Waals surface area contributed by atoms with Gasteiger partial charge in [0.1, 0.15) is 46.0 Å². The van der Waals surface area contributed by atoms with E-state index in [9.17, 15) is 27.6 Å². The van der Waals surface area contributed by atoms with Crippen LogP contribution in [0.4, 0.5) is 0 Å². The Morgan fingerprint density at radius 1 is 1.13 bits per heavy atom. The van der Waals surface area contributed by atoms with E-state index < -0.39 is 56.7 Å². The summed E-state index contributed by atoms with van der Waals surface area (Å²) in [5.41, 5.74) is 0.538. The molecule has 2 saturated carbocycles. The Hall–Kier alpha value is -4.16. The Labute approximate surface area is 371 Å². The number of carbonyl (C=O) groups excluding carboxylic acids is 4. The van der Waals surface area contributed by atoms with Gasteiger partial charge in [-0.05, 0) is 49.1 Å². The van der Waals surface area contributed by atoms with E-state index in [1.54, 1.807) is 28.0 Å². The van der Waals surface area contributed by atoms with Gasteiger partial charge in [-0.1, -0.05) is 45.4 Å². The van der Waals surface area contributed by atoms with Gasteiger partial charge in [-0.15, -0.1) is 17.9 Å². The second-order valence-corrected chi connectivity index (χ2v) is 21.1. The number of amides is 3. The van der Waals surface area contributed by atoms with E-state index in [2.05, 4.69) is 30.0 Å². The smallest absolute Gasteiger partial charge is 0.246 e. The molecule has 15 nitrogen and oxygen atoms in total. The molecule has 5 fully saturated rings. The van der Waals surface area contributed by atoms with Crippen LogP contribution in [0.1, 0.15) is 78.3 Å². The highest BCUT2D eigenvalue weighted by Crippen LogP contribution is 2.57. The maximum Gasteiger partial charge on any atom is 0.246 e. The van der Waals surface area contributed by atoms with E-state index in [-0.39, 0.29) is 55.2 Å². The fourth-order valence-corrected chi connectivity index (χ4v) is 11.8. The SMILES string of the molecule is C=C[C@@H]1C[C@]1(CC(=O)[C@@H]1C[C@@H](Oc2cc(-c3nc(C(C)C)cs3)nc3c(Cl)c(OCCN4CCOCC4)ccc23)[C@H]2CN(C(C)=O)[C@H](C(C)C)C(=O)N21)C(=O)NS(=O)(=O)C1CC1. The lowest BCUT2D eigenvalue weighted by molar-refractivity contribution is -0.159.